The van der Waals surface area contributed by atoms with Gasteiger partial charge in [-0.3, -0.25) is 0 Å². The van der Waals surface area contributed by atoms with E-state index in [9.17, 15) is 0 Å². The molecule has 14 heavy (non-hydrogen) atoms. The molecule has 2 nitrogen and oxygen atoms in total. The number of aliphatic hydroxyl groups excluding tert-OH is 1. The summed E-state index contributed by atoms with van der Waals surface area (Å²) in [6.07, 6.45) is 2.48. The minimum atomic E-state index is 0.0982. The number of hydrogen-bond acceptors (Lipinski definition) is 2. The van der Waals surface area contributed by atoms with Gasteiger partial charge in [0.1, 0.15) is 5.76 Å². The van der Waals surface area contributed by atoms with Gasteiger partial charge in [-0.2, -0.15) is 0 Å². The predicted octanol–water partition coefficient (Wildman–Crippen LogP) is 2.36. The summed E-state index contributed by atoms with van der Waals surface area (Å²) < 4.78 is 5.24. The van der Waals surface area contributed by atoms with Gasteiger partial charge in [-0.15, -0.1) is 0 Å². The maximum Gasteiger partial charge on any atom is 0.108 e. The number of hydrogen-bond donors (Lipinski definition) is 1. The van der Waals surface area contributed by atoms with Crippen molar-refractivity contribution in [3.8, 4) is 0 Å². The van der Waals surface area contributed by atoms with Crippen LogP contribution < -0.4 is 0 Å². The standard InChI is InChI=1S/C12H12O2/c13-9-11-5-3-10(4-6-11)8-12-2-1-7-14-12/h1-7,13H,8-9H2. The van der Waals surface area contributed by atoms with Crippen LogP contribution in [0.25, 0.3) is 0 Å². The molecule has 2 aromatic rings. The van der Waals surface area contributed by atoms with Crippen LogP contribution in [0.15, 0.2) is 47.1 Å². The van der Waals surface area contributed by atoms with Gasteiger partial charge >= 0.3 is 0 Å². The number of rotatable bonds is 3. The van der Waals surface area contributed by atoms with Crippen molar-refractivity contribution in [2.45, 2.75) is 13.0 Å². The van der Waals surface area contributed by atoms with Crippen LogP contribution in [0.4, 0.5) is 0 Å². The summed E-state index contributed by atoms with van der Waals surface area (Å²) in [5, 5.41) is 8.87. The van der Waals surface area contributed by atoms with Crippen LogP contribution in [0.5, 0.6) is 0 Å². The lowest BCUT2D eigenvalue weighted by molar-refractivity contribution is 0.282. The molecular weight excluding hydrogens is 176 g/mol. The molecule has 72 valence electrons. The molecule has 0 bridgehead atoms. The Labute approximate surface area is 82.8 Å². The molecule has 0 aliphatic rings. The highest BCUT2D eigenvalue weighted by atomic mass is 16.3. The van der Waals surface area contributed by atoms with Gasteiger partial charge in [-0.25, -0.2) is 0 Å². The summed E-state index contributed by atoms with van der Waals surface area (Å²) in [7, 11) is 0. The molecule has 1 aromatic heterocycles. The Balaban J connectivity index is 2.10. The summed E-state index contributed by atoms with van der Waals surface area (Å²) in [6, 6.07) is 11.7. The van der Waals surface area contributed by atoms with E-state index >= 15 is 0 Å². The summed E-state index contributed by atoms with van der Waals surface area (Å²) >= 11 is 0. The van der Waals surface area contributed by atoms with E-state index in [1.54, 1.807) is 6.26 Å². The second-order valence-corrected chi connectivity index (χ2v) is 3.23. The Morgan fingerprint density at radius 1 is 1.00 bits per heavy atom. The molecule has 0 radical (unpaired) electrons. The van der Waals surface area contributed by atoms with E-state index in [1.165, 1.54) is 5.56 Å². The number of furan rings is 1. The highest BCUT2D eigenvalue weighted by Crippen LogP contribution is 2.11. The van der Waals surface area contributed by atoms with Gasteiger partial charge in [-0.05, 0) is 23.3 Å². The first-order valence-electron chi connectivity index (χ1n) is 4.59. The normalized spacial score (nSPS) is 10.4. The van der Waals surface area contributed by atoms with Gasteiger partial charge in [0.25, 0.3) is 0 Å². The Hall–Kier alpha value is -1.54. The second-order valence-electron chi connectivity index (χ2n) is 3.23. The van der Waals surface area contributed by atoms with E-state index in [-0.39, 0.29) is 6.61 Å². The summed E-state index contributed by atoms with van der Waals surface area (Å²) in [5.41, 5.74) is 2.13. The van der Waals surface area contributed by atoms with E-state index in [0.717, 1.165) is 17.7 Å². The van der Waals surface area contributed by atoms with E-state index in [2.05, 4.69) is 0 Å². The van der Waals surface area contributed by atoms with Gasteiger partial charge in [-0.1, -0.05) is 24.3 Å². The minimum absolute atomic E-state index is 0.0982. The van der Waals surface area contributed by atoms with Crippen LogP contribution in [-0.4, -0.2) is 5.11 Å². The van der Waals surface area contributed by atoms with E-state index < -0.39 is 0 Å². The summed E-state index contributed by atoms with van der Waals surface area (Å²) in [4.78, 5) is 0. The molecular formula is C12H12O2. The molecule has 0 spiro atoms. The van der Waals surface area contributed by atoms with Crippen molar-refractivity contribution in [3.63, 3.8) is 0 Å². The zero-order chi connectivity index (χ0) is 9.80. The van der Waals surface area contributed by atoms with Gasteiger partial charge in [0, 0.05) is 6.42 Å². The predicted molar refractivity (Wildman–Crippen MR) is 53.9 cm³/mol. The molecule has 1 N–H and O–H groups in total. The van der Waals surface area contributed by atoms with Crippen LogP contribution in [0.3, 0.4) is 0 Å². The molecule has 0 saturated heterocycles. The number of aliphatic hydroxyl groups is 1. The first kappa shape index (κ1) is 9.03. The molecule has 0 atom stereocenters. The quantitative estimate of drug-likeness (QED) is 0.802. The van der Waals surface area contributed by atoms with E-state index in [4.69, 9.17) is 9.52 Å². The lowest BCUT2D eigenvalue weighted by Crippen LogP contribution is -1.87. The average Bonchev–Trinajstić information content (AvgIpc) is 2.72. The molecule has 2 rings (SSSR count). The largest absolute Gasteiger partial charge is 0.469 e. The molecule has 1 aromatic carbocycles. The van der Waals surface area contributed by atoms with E-state index in [0.29, 0.717) is 0 Å². The van der Waals surface area contributed by atoms with E-state index in [1.807, 2.05) is 36.4 Å². The van der Waals surface area contributed by atoms with Crippen LogP contribution in [-0.2, 0) is 13.0 Å². The van der Waals surface area contributed by atoms with Crippen molar-refractivity contribution in [1.82, 2.24) is 0 Å². The van der Waals surface area contributed by atoms with Crippen molar-refractivity contribution < 1.29 is 9.52 Å². The molecule has 2 heteroatoms. The fourth-order valence-electron chi connectivity index (χ4n) is 1.38. The molecule has 0 unspecified atom stereocenters. The third-order valence-corrected chi connectivity index (χ3v) is 2.16. The average molecular weight is 188 g/mol. The van der Waals surface area contributed by atoms with Crippen molar-refractivity contribution in [2.75, 3.05) is 0 Å². The van der Waals surface area contributed by atoms with Crippen LogP contribution in [0.1, 0.15) is 16.9 Å². The maximum absolute atomic E-state index is 8.87. The highest BCUT2D eigenvalue weighted by Gasteiger charge is 1.98. The van der Waals surface area contributed by atoms with Gasteiger partial charge in [0.05, 0.1) is 12.9 Å². The molecule has 1 heterocycles. The SMILES string of the molecule is OCc1ccc(Cc2ccco2)cc1. The Kier molecular flexibility index (Phi) is 2.65. The van der Waals surface area contributed by atoms with Crippen molar-refractivity contribution in [2.24, 2.45) is 0 Å². The van der Waals surface area contributed by atoms with Crippen LogP contribution >= 0.6 is 0 Å². The molecule has 0 saturated carbocycles. The molecule has 0 amide bonds. The summed E-state index contributed by atoms with van der Waals surface area (Å²) in [5.74, 6) is 0.960. The van der Waals surface area contributed by atoms with Crippen molar-refractivity contribution in [3.05, 3.63) is 59.5 Å². The van der Waals surface area contributed by atoms with Crippen molar-refractivity contribution >= 4 is 0 Å². The zero-order valence-electron chi connectivity index (χ0n) is 7.81. The highest BCUT2D eigenvalue weighted by molar-refractivity contribution is 5.25. The molecule has 0 aliphatic carbocycles. The van der Waals surface area contributed by atoms with Crippen molar-refractivity contribution in [1.29, 1.82) is 0 Å². The van der Waals surface area contributed by atoms with Gasteiger partial charge < -0.3 is 9.52 Å². The second kappa shape index (κ2) is 4.11. The topological polar surface area (TPSA) is 33.4 Å². The van der Waals surface area contributed by atoms with Gasteiger partial charge in [0.15, 0.2) is 0 Å². The van der Waals surface area contributed by atoms with Gasteiger partial charge in [0.2, 0.25) is 0 Å². The summed E-state index contributed by atoms with van der Waals surface area (Å²) in [6.45, 7) is 0.0982. The molecule has 0 aliphatic heterocycles. The first-order valence-corrected chi connectivity index (χ1v) is 4.59. The monoisotopic (exact) mass is 188 g/mol. The first-order chi connectivity index (χ1) is 6.88. The zero-order valence-corrected chi connectivity index (χ0v) is 7.81. The lowest BCUT2D eigenvalue weighted by atomic mass is 10.1. The van der Waals surface area contributed by atoms with Crippen LogP contribution in [0.2, 0.25) is 0 Å². The fraction of sp³-hybridized carbons (Fsp3) is 0.167. The third kappa shape index (κ3) is 2.03. The maximum atomic E-state index is 8.87. The Morgan fingerprint density at radius 2 is 1.71 bits per heavy atom. The van der Waals surface area contributed by atoms with Crippen LogP contribution in [0, 0.1) is 0 Å². The third-order valence-electron chi connectivity index (χ3n) is 2.16. The Bertz CT molecular complexity index is 373. The fourth-order valence-corrected chi connectivity index (χ4v) is 1.38. The number of benzene rings is 1. The smallest absolute Gasteiger partial charge is 0.108 e. The minimum Gasteiger partial charge on any atom is -0.469 e. The molecule has 0 fully saturated rings. The Morgan fingerprint density at radius 3 is 2.29 bits per heavy atom. The lowest BCUT2D eigenvalue weighted by Gasteiger charge is -1.99.